The Morgan fingerprint density at radius 2 is 1.76 bits per heavy atom. The number of hydrogen-bond donors (Lipinski definition) is 2. The minimum absolute atomic E-state index is 0.00389. The van der Waals surface area contributed by atoms with E-state index in [9.17, 15) is 18.0 Å². The van der Waals surface area contributed by atoms with Gasteiger partial charge >= 0.3 is 0 Å². The lowest BCUT2D eigenvalue weighted by molar-refractivity contribution is 0.0730. The molecule has 8 nitrogen and oxygen atoms in total. The number of benzene rings is 2. The van der Waals surface area contributed by atoms with Crippen molar-refractivity contribution in [1.82, 2.24) is 9.62 Å². The van der Waals surface area contributed by atoms with Crippen LogP contribution in [0.3, 0.4) is 0 Å². The number of carbonyl (C=O) groups is 2. The number of hydrogen-bond acceptors (Lipinski definition) is 5. The third-order valence-corrected chi connectivity index (χ3v) is 7.69. The maximum atomic E-state index is 13.3. The maximum Gasteiger partial charge on any atom is 0.255 e. The van der Waals surface area contributed by atoms with Crippen LogP contribution in [-0.4, -0.2) is 56.9 Å². The minimum atomic E-state index is -3.76. The van der Waals surface area contributed by atoms with E-state index in [-0.39, 0.29) is 35.5 Å². The summed E-state index contributed by atoms with van der Waals surface area (Å²) in [5.74, 6) is -0.767. The van der Waals surface area contributed by atoms with Gasteiger partial charge in [-0.25, -0.2) is 8.42 Å². The maximum absolute atomic E-state index is 13.3. The first-order valence-corrected chi connectivity index (χ1v) is 12.6. The highest BCUT2D eigenvalue weighted by molar-refractivity contribution is 7.89. The average Bonchev–Trinajstić information content (AvgIpc) is 2.84. The Morgan fingerprint density at radius 3 is 2.42 bits per heavy atom. The molecule has 2 N–H and O–H groups in total. The number of aryl methyl sites for hydroxylation is 1. The summed E-state index contributed by atoms with van der Waals surface area (Å²) >= 11 is 0. The Bertz CT molecular complexity index is 1110. The monoisotopic (exact) mass is 473 g/mol. The number of nitrogens with zero attached hydrogens (tertiary/aromatic N) is 1. The lowest BCUT2D eigenvalue weighted by atomic mass is 10.1. The van der Waals surface area contributed by atoms with Crippen LogP contribution in [0.1, 0.15) is 53.5 Å². The van der Waals surface area contributed by atoms with Gasteiger partial charge in [0.05, 0.1) is 29.4 Å². The van der Waals surface area contributed by atoms with Gasteiger partial charge in [0.25, 0.3) is 11.8 Å². The fourth-order valence-corrected chi connectivity index (χ4v) is 5.27. The van der Waals surface area contributed by atoms with E-state index >= 15 is 0 Å². The summed E-state index contributed by atoms with van der Waals surface area (Å²) in [4.78, 5) is 25.8. The Morgan fingerprint density at radius 1 is 1.06 bits per heavy atom. The number of morpholine rings is 1. The van der Waals surface area contributed by atoms with Crippen molar-refractivity contribution in [2.75, 3.05) is 31.6 Å². The van der Waals surface area contributed by atoms with Gasteiger partial charge in [0, 0.05) is 24.7 Å². The first kappa shape index (κ1) is 24.9. The van der Waals surface area contributed by atoms with Gasteiger partial charge in [0.1, 0.15) is 0 Å². The molecule has 1 atom stereocenters. The lowest BCUT2D eigenvalue weighted by Gasteiger charge is -2.27. The van der Waals surface area contributed by atoms with Crippen molar-refractivity contribution in [1.29, 1.82) is 0 Å². The molecular weight excluding hydrogens is 442 g/mol. The summed E-state index contributed by atoms with van der Waals surface area (Å²) < 4.78 is 33.2. The Hall–Kier alpha value is -2.75. The second-order valence-corrected chi connectivity index (χ2v) is 9.88. The quantitative estimate of drug-likeness (QED) is 0.613. The molecule has 3 rings (SSSR count). The van der Waals surface area contributed by atoms with E-state index in [0.29, 0.717) is 36.4 Å². The van der Waals surface area contributed by atoms with Crippen molar-refractivity contribution >= 4 is 27.5 Å². The molecule has 2 amide bonds. The van der Waals surface area contributed by atoms with Crippen LogP contribution in [0.25, 0.3) is 0 Å². The van der Waals surface area contributed by atoms with E-state index in [1.165, 1.54) is 10.4 Å². The Balaban J connectivity index is 1.89. The van der Waals surface area contributed by atoms with Crippen LogP contribution in [-0.2, 0) is 21.2 Å². The molecule has 1 unspecified atom stereocenters. The number of para-hydroxylation sites is 1. The lowest BCUT2D eigenvalue weighted by Crippen LogP contribution is -2.41. The molecular formula is C24H31N3O5S. The molecule has 1 aliphatic rings. The van der Waals surface area contributed by atoms with E-state index in [2.05, 4.69) is 10.6 Å². The Labute approximate surface area is 195 Å². The van der Waals surface area contributed by atoms with Crippen LogP contribution in [0.4, 0.5) is 5.69 Å². The smallest absolute Gasteiger partial charge is 0.255 e. The van der Waals surface area contributed by atoms with Crippen LogP contribution in [0.2, 0.25) is 0 Å². The van der Waals surface area contributed by atoms with Crippen LogP contribution < -0.4 is 10.6 Å². The normalized spacial score (nSPS) is 15.6. The molecule has 33 heavy (non-hydrogen) atoms. The topological polar surface area (TPSA) is 105 Å². The van der Waals surface area contributed by atoms with Crippen molar-refractivity contribution in [3.63, 3.8) is 0 Å². The number of sulfonamides is 1. The molecule has 2 aromatic rings. The molecule has 0 spiro atoms. The SMILES string of the molecule is CCc1ccc(C(=O)Nc2ccccc2C(=O)NC(C)CC)cc1S(=O)(=O)N1CCOCC1. The van der Waals surface area contributed by atoms with Gasteiger partial charge in [-0.3, -0.25) is 9.59 Å². The Kier molecular flexibility index (Phi) is 8.23. The van der Waals surface area contributed by atoms with E-state index in [1.54, 1.807) is 36.4 Å². The number of anilines is 1. The molecule has 2 aromatic carbocycles. The first-order chi connectivity index (χ1) is 15.8. The molecule has 9 heteroatoms. The van der Waals surface area contributed by atoms with Gasteiger partial charge in [-0.05, 0) is 49.6 Å². The summed E-state index contributed by atoms with van der Waals surface area (Å²) in [5, 5.41) is 5.66. The average molecular weight is 474 g/mol. The standard InChI is InChI=1S/C24H31N3O5S/c1-4-17(3)25-24(29)20-8-6-7-9-21(20)26-23(28)19-11-10-18(5-2)22(16-19)33(30,31)27-12-14-32-15-13-27/h6-11,16-17H,4-5,12-15H2,1-3H3,(H,25,29)(H,26,28). The third-order valence-electron chi connectivity index (χ3n) is 5.71. The van der Waals surface area contributed by atoms with Crippen molar-refractivity contribution in [3.8, 4) is 0 Å². The molecule has 0 saturated carbocycles. The minimum Gasteiger partial charge on any atom is -0.379 e. The third kappa shape index (κ3) is 5.79. The fourth-order valence-electron chi connectivity index (χ4n) is 3.54. The molecule has 178 valence electrons. The zero-order valence-corrected chi connectivity index (χ0v) is 20.1. The van der Waals surface area contributed by atoms with Crippen molar-refractivity contribution in [2.24, 2.45) is 0 Å². The highest BCUT2D eigenvalue weighted by atomic mass is 32.2. The number of rotatable bonds is 8. The van der Waals surface area contributed by atoms with Crippen molar-refractivity contribution in [2.45, 2.75) is 44.6 Å². The van der Waals surface area contributed by atoms with Gasteiger partial charge in [-0.2, -0.15) is 4.31 Å². The molecule has 1 aliphatic heterocycles. The largest absolute Gasteiger partial charge is 0.379 e. The molecule has 1 fully saturated rings. The second kappa shape index (κ2) is 10.9. The molecule has 1 saturated heterocycles. The first-order valence-electron chi connectivity index (χ1n) is 11.2. The zero-order chi connectivity index (χ0) is 24.0. The van der Waals surface area contributed by atoms with Crippen LogP contribution in [0, 0.1) is 0 Å². The van der Waals surface area contributed by atoms with Gasteiger partial charge in [0.15, 0.2) is 0 Å². The molecule has 1 heterocycles. The summed E-state index contributed by atoms with van der Waals surface area (Å²) in [6.45, 7) is 7.00. The van der Waals surface area contributed by atoms with E-state index in [4.69, 9.17) is 4.74 Å². The number of nitrogens with one attached hydrogen (secondary N) is 2. The zero-order valence-electron chi connectivity index (χ0n) is 19.3. The fraction of sp³-hybridized carbons (Fsp3) is 0.417. The molecule has 0 aliphatic carbocycles. The molecule has 0 aromatic heterocycles. The van der Waals surface area contributed by atoms with Gasteiger partial charge < -0.3 is 15.4 Å². The number of ether oxygens (including phenoxy) is 1. The predicted octanol–water partition coefficient (Wildman–Crippen LogP) is 3.05. The summed E-state index contributed by atoms with van der Waals surface area (Å²) in [6, 6.07) is 11.4. The van der Waals surface area contributed by atoms with Crippen LogP contribution in [0.5, 0.6) is 0 Å². The van der Waals surface area contributed by atoms with Gasteiger partial charge in [-0.15, -0.1) is 0 Å². The molecule has 0 radical (unpaired) electrons. The van der Waals surface area contributed by atoms with Gasteiger partial charge in [0.2, 0.25) is 10.0 Å². The van der Waals surface area contributed by atoms with Gasteiger partial charge in [-0.1, -0.05) is 32.0 Å². The van der Waals surface area contributed by atoms with Crippen LogP contribution in [0.15, 0.2) is 47.4 Å². The molecule has 0 bridgehead atoms. The van der Waals surface area contributed by atoms with E-state index in [1.807, 2.05) is 20.8 Å². The highest BCUT2D eigenvalue weighted by Crippen LogP contribution is 2.24. The number of amides is 2. The summed E-state index contributed by atoms with van der Waals surface area (Å²) in [5.41, 5.74) is 1.56. The predicted molar refractivity (Wildman–Crippen MR) is 127 cm³/mol. The second-order valence-electron chi connectivity index (χ2n) is 7.97. The summed E-state index contributed by atoms with van der Waals surface area (Å²) in [6.07, 6.45) is 1.30. The van der Waals surface area contributed by atoms with Crippen molar-refractivity contribution < 1.29 is 22.7 Å². The highest BCUT2D eigenvalue weighted by Gasteiger charge is 2.29. The summed E-state index contributed by atoms with van der Waals surface area (Å²) in [7, 11) is -3.76. The van der Waals surface area contributed by atoms with Crippen molar-refractivity contribution in [3.05, 3.63) is 59.2 Å². The number of carbonyl (C=O) groups excluding carboxylic acids is 2. The van der Waals surface area contributed by atoms with Crippen LogP contribution >= 0.6 is 0 Å². The van der Waals surface area contributed by atoms with E-state index < -0.39 is 15.9 Å². The van der Waals surface area contributed by atoms with E-state index in [0.717, 1.165) is 6.42 Å².